The zero-order chi connectivity index (χ0) is 11.7. The van der Waals surface area contributed by atoms with Crippen LogP contribution in [0.4, 0.5) is 0 Å². The summed E-state index contributed by atoms with van der Waals surface area (Å²) in [5, 5.41) is 20.0. The number of aliphatic carboxylic acids is 1. The van der Waals surface area contributed by atoms with Crippen molar-refractivity contribution in [3.63, 3.8) is 0 Å². The summed E-state index contributed by atoms with van der Waals surface area (Å²) in [4.78, 5) is 21.3. The normalized spacial score (nSPS) is 12.1. The number of unbranched alkanes of at least 4 members (excludes halogenated alkanes) is 2. The Morgan fingerprint density at radius 2 is 2.00 bits per heavy atom. The third kappa shape index (κ3) is 9.21. The summed E-state index contributed by atoms with van der Waals surface area (Å²) in [6, 6.07) is 0. The minimum absolute atomic E-state index is 0.0112. The van der Waals surface area contributed by atoms with Crippen molar-refractivity contribution in [1.82, 2.24) is 5.32 Å². The van der Waals surface area contributed by atoms with Crippen molar-refractivity contribution in [1.29, 1.82) is 0 Å². The zero-order valence-corrected chi connectivity index (χ0v) is 9.03. The Balaban J connectivity index is 3.48. The van der Waals surface area contributed by atoms with Gasteiger partial charge in [-0.1, -0.05) is 19.8 Å². The molecule has 3 N–H and O–H groups in total. The van der Waals surface area contributed by atoms with Crippen molar-refractivity contribution in [3.05, 3.63) is 0 Å². The third-order valence-corrected chi connectivity index (χ3v) is 1.95. The molecular weight excluding hydrogens is 198 g/mol. The quantitative estimate of drug-likeness (QED) is 0.517. The number of hydrogen-bond donors (Lipinski definition) is 3. The number of carboxylic acid groups (broad SMARTS) is 1. The SMILES string of the molecule is CCCCCC(=O)NC[C@H](O)CC(=O)O. The van der Waals surface area contributed by atoms with Crippen molar-refractivity contribution >= 4 is 11.9 Å². The highest BCUT2D eigenvalue weighted by Crippen LogP contribution is 1.98. The molecule has 0 rings (SSSR count). The van der Waals surface area contributed by atoms with Gasteiger partial charge < -0.3 is 15.5 Å². The molecule has 0 spiro atoms. The van der Waals surface area contributed by atoms with Gasteiger partial charge in [-0.25, -0.2) is 0 Å². The Kier molecular flexibility index (Phi) is 7.62. The maximum atomic E-state index is 11.1. The molecule has 0 aliphatic heterocycles. The summed E-state index contributed by atoms with van der Waals surface area (Å²) >= 11 is 0. The number of aliphatic hydroxyl groups is 1. The van der Waals surface area contributed by atoms with E-state index in [1.165, 1.54) is 0 Å². The summed E-state index contributed by atoms with van der Waals surface area (Å²) in [5.74, 6) is -1.20. The molecule has 0 aromatic carbocycles. The summed E-state index contributed by atoms with van der Waals surface area (Å²) in [5.41, 5.74) is 0. The lowest BCUT2D eigenvalue weighted by Crippen LogP contribution is -2.33. The van der Waals surface area contributed by atoms with Gasteiger partial charge in [-0.15, -0.1) is 0 Å². The lowest BCUT2D eigenvalue weighted by Gasteiger charge is -2.09. The first-order chi connectivity index (χ1) is 7.06. The number of nitrogens with one attached hydrogen (secondary N) is 1. The number of hydrogen-bond acceptors (Lipinski definition) is 3. The van der Waals surface area contributed by atoms with E-state index in [9.17, 15) is 9.59 Å². The van der Waals surface area contributed by atoms with E-state index in [1.807, 2.05) is 0 Å². The van der Waals surface area contributed by atoms with E-state index in [0.717, 1.165) is 19.3 Å². The summed E-state index contributed by atoms with van der Waals surface area (Å²) in [6.45, 7) is 2.06. The third-order valence-electron chi connectivity index (χ3n) is 1.95. The fourth-order valence-corrected chi connectivity index (χ4v) is 1.13. The average Bonchev–Trinajstić information content (AvgIpc) is 2.14. The molecule has 88 valence electrons. The van der Waals surface area contributed by atoms with Crippen LogP contribution in [0.5, 0.6) is 0 Å². The summed E-state index contributed by atoms with van der Waals surface area (Å²) in [6.07, 6.45) is 1.98. The molecular formula is C10H19NO4. The number of aliphatic hydroxyl groups excluding tert-OH is 1. The van der Waals surface area contributed by atoms with Crippen molar-refractivity contribution < 1.29 is 19.8 Å². The smallest absolute Gasteiger partial charge is 0.306 e. The van der Waals surface area contributed by atoms with E-state index in [4.69, 9.17) is 10.2 Å². The topological polar surface area (TPSA) is 86.6 Å². The van der Waals surface area contributed by atoms with Crippen LogP contribution in [-0.2, 0) is 9.59 Å². The van der Waals surface area contributed by atoms with Gasteiger partial charge >= 0.3 is 5.97 Å². The molecule has 0 bridgehead atoms. The van der Waals surface area contributed by atoms with Gasteiger partial charge in [-0.2, -0.15) is 0 Å². The second-order valence-corrected chi connectivity index (χ2v) is 3.51. The Bertz CT molecular complexity index is 206. The van der Waals surface area contributed by atoms with Crippen LogP contribution in [0.1, 0.15) is 39.0 Å². The number of carbonyl (C=O) groups is 2. The second kappa shape index (κ2) is 8.23. The fraction of sp³-hybridized carbons (Fsp3) is 0.800. The lowest BCUT2D eigenvalue weighted by atomic mass is 10.2. The number of carbonyl (C=O) groups excluding carboxylic acids is 1. The van der Waals surface area contributed by atoms with Crippen LogP contribution in [0.2, 0.25) is 0 Å². The van der Waals surface area contributed by atoms with Gasteiger partial charge in [-0.3, -0.25) is 9.59 Å². The monoisotopic (exact) mass is 217 g/mol. The van der Waals surface area contributed by atoms with E-state index < -0.39 is 12.1 Å². The highest BCUT2D eigenvalue weighted by molar-refractivity contribution is 5.76. The Labute approximate surface area is 89.5 Å². The second-order valence-electron chi connectivity index (χ2n) is 3.51. The van der Waals surface area contributed by atoms with Crippen LogP contribution in [0, 0.1) is 0 Å². The molecule has 0 unspecified atom stereocenters. The fourth-order valence-electron chi connectivity index (χ4n) is 1.13. The Hall–Kier alpha value is -1.10. The summed E-state index contributed by atoms with van der Waals surface area (Å²) < 4.78 is 0. The molecule has 5 nitrogen and oxygen atoms in total. The van der Waals surface area contributed by atoms with Crippen molar-refractivity contribution in [3.8, 4) is 0 Å². The van der Waals surface area contributed by atoms with E-state index in [0.29, 0.717) is 6.42 Å². The Morgan fingerprint density at radius 1 is 1.33 bits per heavy atom. The van der Waals surface area contributed by atoms with E-state index in [1.54, 1.807) is 0 Å². The molecule has 0 aromatic heterocycles. The van der Waals surface area contributed by atoms with Crippen molar-refractivity contribution in [2.24, 2.45) is 0 Å². The van der Waals surface area contributed by atoms with Crippen LogP contribution < -0.4 is 5.32 Å². The van der Waals surface area contributed by atoms with Gasteiger partial charge in [0.2, 0.25) is 5.91 Å². The molecule has 5 heteroatoms. The first-order valence-electron chi connectivity index (χ1n) is 5.22. The minimum Gasteiger partial charge on any atom is -0.481 e. The Morgan fingerprint density at radius 3 is 2.53 bits per heavy atom. The van der Waals surface area contributed by atoms with Crippen LogP contribution in [0.25, 0.3) is 0 Å². The number of rotatable bonds is 8. The van der Waals surface area contributed by atoms with Crippen LogP contribution in [0.3, 0.4) is 0 Å². The average molecular weight is 217 g/mol. The van der Waals surface area contributed by atoms with Crippen LogP contribution >= 0.6 is 0 Å². The lowest BCUT2D eigenvalue weighted by molar-refractivity contribution is -0.139. The van der Waals surface area contributed by atoms with Gasteiger partial charge in [0.1, 0.15) is 0 Å². The highest BCUT2D eigenvalue weighted by atomic mass is 16.4. The highest BCUT2D eigenvalue weighted by Gasteiger charge is 2.10. The molecule has 0 heterocycles. The van der Waals surface area contributed by atoms with E-state index in [2.05, 4.69) is 12.2 Å². The first kappa shape index (κ1) is 13.9. The number of carboxylic acids is 1. The largest absolute Gasteiger partial charge is 0.481 e. The molecule has 0 aliphatic rings. The van der Waals surface area contributed by atoms with Crippen LogP contribution in [0.15, 0.2) is 0 Å². The van der Waals surface area contributed by atoms with Crippen LogP contribution in [-0.4, -0.2) is 34.7 Å². The molecule has 0 fully saturated rings. The van der Waals surface area contributed by atoms with Crippen molar-refractivity contribution in [2.45, 2.75) is 45.1 Å². The zero-order valence-electron chi connectivity index (χ0n) is 9.03. The van der Waals surface area contributed by atoms with E-state index in [-0.39, 0.29) is 18.9 Å². The molecule has 1 atom stereocenters. The van der Waals surface area contributed by atoms with Gasteiger partial charge in [-0.05, 0) is 6.42 Å². The molecule has 15 heavy (non-hydrogen) atoms. The standard InChI is InChI=1S/C10H19NO4/c1-2-3-4-5-9(13)11-7-8(12)6-10(14)15/h8,12H,2-7H2,1H3,(H,11,13)(H,14,15)/t8-/m1/s1. The van der Waals surface area contributed by atoms with Crippen molar-refractivity contribution in [2.75, 3.05) is 6.54 Å². The maximum absolute atomic E-state index is 11.1. The molecule has 1 amide bonds. The minimum atomic E-state index is -1.07. The predicted octanol–water partition coefficient (Wildman–Crippen LogP) is 0.518. The molecule has 0 saturated carbocycles. The molecule has 0 radical (unpaired) electrons. The van der Waals surface area contributed by atoms with Gasteiger partial charge in [0.05, 0.1) is 12.5 Å². The van der Waals surface area contributed by atoms with Gasteiger partial charge in [0.25, 0.3) is 0 Å². The van der Waals surface area contributed by atoms with E-state index >= 15 is 0 Å². The summed E-state index contributed by atoms with van der Waals surface area (Å²) in [7, 11) is 0. The predicted molar refractivity (Wildman–Crippen MR) is 55.4 cm³/mol. The van der Waals surface area contributed by atoms with Gasteiger partial charge in [0.15, 0.2) is 0 Å². The molecule has 0 aromatic rings. The molecule has 0 saturated heterocycles. The maximum Gasteiger partial charge on any atom is 0.306 e. The first-order valence-corrected chi connectivity index (χ1v) is 5.22. The number of amides is 1. The van der Waals surface area contributed by atoms with Gasteiger partial charge in [0, 0.05) is 13.0 Å². The molecule has 0 aliphatic carbocycles.